The van der Waals surface area contributed by atoms with Crippen molar-refractivity contribution >= 4 is 27.5 Å². The highest BCUT2D eigenvalue weighted by Crippen LogP contribution is 2.19. The molecule has 0 spiro atoms. The van der Waals surface area contributed by atoms with E-state index in [9.17, 15) is 4.79 Å². The maximum Gasteiger partial charge on any atom is 0.251 e. The smallest absolute Gasteiger partial charge is 0.251 e. The summed E-state index contributed by atoms with van der Waals surface area (Å²) in [6.07, 6.45) is 0.996. The number of benzene rings is 1. The van der Waals surface area contributed by atoms with Gasteiger partial charge in [-0.05, 0) is 43.6 Å². The molecule has 0 saturated carbocycles. The van der Waals surface area contributed by atoms with Crippen molar-refractivity contribution in [2.45, 2.75) is 19.4 Å². The molecule has 1 amide bonds. The fourth-order valence-electron chi connectivity index (χ4n) is 2.48. The van der Waals surface area contributed by atoms with Crippen molar-refractivity contribution in [3.8, 4) is 0 Å². The van der Waals surface area contributed by atoms with Gasteiger partial charge in [-0.3, -0.25) is 4.79 Å². The summed E-state index contributed by atoms with van der Waals surface area (Å²) in [7, 11) is 0. The summed E-state index contributed by atoms with van der Waals surface area (Å²) in [5.41, 5.74) is 3.49. The van der Waals surface area contributed by atoms with Gasteiger partial charge < -0.3 is 10.6 Å². The summed E-state index contributed by atoms with van der Waals surface area (Å²) in [6.45, 7) is 4.12. The molecule has 1 aromatic heterocycles. The fraction of sp³-hybridized carbons (Fsp3) is 0.429. The van der Waals surface area contributed by atoms with E-state index in [-0.39, 0.29) is 11.9 Å². The van der Waals surface area contributed by atoms with Gasteiger partial charge >= 0.3 is 0 Å². The number of hydrogen-bond donors (Lipinski definition) is 2. The molecule has 0 radical (unpaired) electrons. The third-order valence-corrected chi connectivity index (χ3v) is 4.49. The van der Waals surface area contributed by atoms with Gasteiger partial charge in [0.2, 0.25) is 0 Å². The lowest BCUT2D eigenvalue weighted by Crippen LogP contribution is -2.48. The molecule has 0 aliphatic carbocycles. The Morgan fingerprint density at radius 3 is 3.26 bits per heavy atom. The number of aromatic nitrogens is 1. The number of hydrogen-bond acceptors (Lipinski definition) is 4. The van der Waals surface area contributed by atoms with E-state index in [0.717, 1.165) is 35.3 Å². The summed E-state index contributed by atoms with van der Waals surface area (Å²) in [6, 6.07) is 5.95. The Morgan fingerprint density at radius 2 is 2.42 bits per heavy atom. The first-order chi connectivity index (χ1) is 9.24. The maximum atomic E-state index is 12.3. The zero-order valence-electron chi connectivity index (χ0n) is 10.8. The van der Waals surface area contributed by atoms with Gasteiger partial charge in [-0.25, -0.2) is 4.98 Å². The minimum absolute atomic E-state index is 0.0223. The first-order valence-corrected chi connectivity index (χ1v) is 7.47. The van der Waals surface area contributed by atoms with Gasteiger partial charge in [-0.1, -0.05) is 6.92 Å². The molecule has 2 N–H and O–H groups in total. The molecule has 1 saturated heterocycles. The Kier molecular flexibility index (Phi) is 3.48. The molecule has 2 atom stereocenters. The topological polar surface area (TPSA) is 54.0 Å². The van der Waals surface area contributed by atoms with Crippen LogP contribution in [0.2, 0.25) is 0 Å². The predicted molar refractivity (Wildman–Crippen MR) is 77.5 cm³/mol. The third-order valence-electron chi connectivity index (χ3n) is 3.70. The minimum atomic E-state index is 0.0223. The molecule has 1 aromatic carbocycles. The van der Waals surface area contributed by atoms with E-state index in [1.165, 1.54) is 0 Å². The van der Waals surface area contributed by atoms with E-state index < -0.39 is 0 Å². The highest BCUT2D eigenvalue weighted by Gasteiger charge is 2.23. The lowest BCUT2D eigenvalue weighted by atomic mass is 9.95. The highest BCUT2D eigenvalue weighted by atomic mass is 32.1. The average molecular weight is 275 g/mol. The Hall–Kier alpha value is -1.46. The number of carbonyl (C=O) groups is 1. The fourth-order valence-corrected chi connectivity index (χ4v) is 3.19. The second kappa shape index (κ2) is 5.27. The average Bonchev–Trinajstić information content (AvgIpc) is 2.88. The molecule has 2 unspecified atom stereocenters. The van der Waals surface area contributed by atoms with Gasteiger partial charge in [0, 0.05) is 11.6 Å². The zero-order valence-corrected chi connectivity index (χ0v) is 11.7. The van der Waals surface area contributed by atoms with Gasteiger partial charge in [0.25, 0.3) is 5.91 Å². The van der Waals surface area contributed by atoms with Crippen LogP contribution in [-0.4, -0.2) is 30.0 Å². The quantitative estimate of drug-likeness (QED) is 0.881. The Morgan fingerprint density at radius 1 is 1.53 bits per heavy atom. The molecule has 5 heteroatoms. The second-order valence-electron chi connectivity index (χ2n) is 5.08. The van der Waals surface area contributed by atoms with Crippen molar-refractivity contribution in [3.05, 3.63) is 29.3 Å². The standard InChI is InChI=1S/C14H17N3OS/c1-9-7-15-5-4-11(9)17-14(18)10-2-3-12-13(6-10)19-8-16-12/h2-3,6,8-9,11,15H,4-5,7H2,1H3,(H,17,18). The first-order valence-electron chi connectivity index (χ1n) is 6.59. The van der Waals surface area contributed by atoms with Crippen molar-refractivity contribution in [3.63, 3.8) is 0 Å². The SMILES string of the molecule is CC1CNCCC1NC(=O)c1ccc2ncsc2c1. The summed E-state index contributed by atoms with van der Waals surface area (Å²) >= 11 is 1.56. The molecule has 1 aliphatic rings. The maximum absolute atomic E-state index is 12.3. The molecule has 19 heavy (non-hydrogen) atoms. The van der Waals surface area contributed by atoms with Crippen LogP contribution in [0.3, 0.4) is 0 Å². The van der Waals surface area contributed by atoms with Crippen LogP contribution in [0, 0.1) is 5.92 Å². The van der Waals surface area contributed by atoms with Crippen LogP contribution in [-0.2, 0) is 0 Å². The predicted octanol–water partition coefficient (Wildman–Crippen LogP) is 2.02. The summed E-state index contributed by atoms with van der Waals surface area (Å²) in [5, 5.41) is 6.49. The summed E-state index contributed by atoms with van der Waals surface area (Å²) < 4.78 is 1.06. The molecule has 4 nitrogen and oxygen atoms in total. The van der Waals surface area contributed by atoms with Crippen molar-refractivity contribution < 1.29 is 4.79 Å². The number of fused-ring (bicyclic) bond motifs is 1. The van der Waals surface area contributed by atoms with Gasteiger partial charge in [0.05, 0.1) is 15.7 Å². The molecule has 2 heterocycles. The van der Waals surface area contributed by atoms with Crippen molar-refractivity contribution in [2.24, 2.45) is 5.92 Å². The lowest BCUT2D eigenvalue weighted by Gasteiger charge is -2.30. The van der Waals surface area contributed by atoms with Crippen molar-refractivity contribution in [1.29, 1.82) is 0 Å². The number of nitrogens with zero attached hydrogens (tertiary/aromatic N) is 1. The zero-order chi connectivity index (χ0) is 13.2. The Labute approximate surface area is 116 Å². The van der Waals surface area contributed by atoms with Crippen LogP contribution >= 0.6 is 11.3 Å². The molecule has 1 fully saturated rings. The van der Waals surface area contributed by atoms with Crippen LogP contribution < -0.4 is 10.6 Å². The first kappa shape index (κ1) is 12.6. The largest absolute Gasteiger partial charge is 0.349 e. The van der Waals surface area contributed by atoms with E-state index in [0.29, 0.717) is 5.92 Å². The van der Waals surface area contributed by atoms with Crippen molar-refractivity contribution in [2.75, 3.05) is 13.1 Å². The molecule has 3 rings (SSSR count). The summed E-state index contributed by atoms with van der Waals surface area (Å²) in [5.74, 6) is 0.499. The van der Waals surface area contributed by atoms with Crippen LogP contribution in [0.5, 0.6) is 0 Å². The van der Waals surface area contributed by atoms with Gasteiger partial charge in [0.1, 0.15) is 0 Å². The van der Waals surface area contributed by atoms with Crippen LogP contribution in [0.1, 0.15) is 23.7 Å². The van der Waals surface area contributed by atoms with Gasteiger partial charge in [-0.2, -0.15) is 0 Å². The lowest BCUT2D eigenvalue weighted by molar-refractivity contribution is 0.0914. The molecule has 0 bridgehead atoms. The van der Waals surface area contributed by atoms with E-state index >= 15 is 0 Å². The molecular formula is C14H17N3OS. The Balaban J connectivity index is 1.75. The summed E-state index contributed by atoms with van der Waals surface area (Å²) in [4.78, 5) is 16.5. The molecule has 1 aliphatic heterocycles. The van der Waals surface area contributed by atoms with E-state index in [2.05, 4.69) is 22.5 Å². The monoisotopic (exact) mass is 275 g/mol. The number of amides is 1. The Bertz CT molecular complexity index is 595. The molecule has 100 valence electrons. The second-order valence-corrected chi connectivity index (χ2v) is 5.97. The van der Waals surface area contributed by atoms with Crippen LogP contribution in [0.25, 0.3) is 10.2 Å². The molecular weight excluding hydrogens is 258 g/mol. The number of piperidine rings is 1. The van der Waals surface area contributed by atoms with Gasteiger partial charge in [-0.15, -0.1) is 11.3 Å². The van der Waals surface area contributed by atoms with Crippen LogP contribution in [0.4, 0.5) is 0 Å². The number of rotatable bonds is 2. The molecule has 2 aromatic rings. The normalized spacial score (nSPS) is 23.4. The number of nitrogens with one attached hydrogen (secondary N) is 2. The minimum Gasteiger partial charge on any atom is -0.349 e. The number of carbonyl (C=O) groups excluding carboxylic acids is 1. The van der Waals surface area contributed by atoms with E-state index in [4.69, 9.17) is 0 Å². The van der Waals surface area contributed by atoms with E-state index in [1.54, 1.807) is 16.8 Å². The van der Waals surface area contributed by atoms with Gasteiger partial charge in [0.15, 0.2) is 0 Å². The highest BCUT2D eigenvalue weighted by molar-refractivity contribution is 7.16. The third kappa shape index (κ3) is 2.62. The van der Waals surface area contributed by atoms with Crippen molar-refractivity contribution in [1.82, 2.24) is 15.6 Å². The van der Waals surface area contributed by atoms with Crippen LogP contribution in [0.15, 0.2) is 23.7 Å². The van der Waals surface area contributed by atoms with E-state index in [1.807, 2.05) is 18.2 Å². The number of thiazole rings is 1.